The van der Waals surface area contributed by atoms with Gasteiger partial charge in [0.25, 0.3) is 0 Å². The summed E-state index contributed by atoms with van der Waals surface area (Å²) in [4.78, 5) is 2.51. The molecule has 0 saturated carbocycles. The topological polar surface area (TPSA) is 29.5 Å². The molecule has 14 rings (SSSR count). The highest BCUT2D eigenvalue weighted by Gasteiger charge is 2.36. The summed E-state index contributed by atoms with van der Waals surface area (Å²) in [6, 6.07) is 73.2. The molecule has 0 saturated heterocycles. The minimum Gasteiger partial charge on any atom is -0.456 e. The number of furan rings is 2. The Kier molecular flexibility index (Phi) is 7.17. The van der Waals surface area contributed by atoms with Crippen LogP contribution in [0.25, 0.3) is 109 Å². The SMILES string of the molecule is CC1(C)c2ccccc2-c2ccc(N(c3ccc4c(c3)oc3ccccc34)c3c(-c4ccc5oc6ccc7ccccc7c6c5c4)ccc4c5ccccc5c5ccccc5c34)cc21. The van der Waals surface area contributed by atoms with Gasteiger partial charge in [-0.15, -0.1) is 0 Å². The number of hydrogen-bond acceptors (Lipinski definition) is 3. The van der Waals surface area contributed by atoms with E-state index in [-0.39, 0.29) is 5.41 Å². The van der Waals surface area contributed by atoms with Gasteiger partial charge in [0.15, 0.2) is 0 Å². The van der Waals surface area contributed by atoms with Crippen molar-refractivity contribution in [3.8, 4) is 22.3 Å². The van der Waals surface area contributed by atoms with Crippen molar-refractivity contribution in [2.24, 2.45) is 0 Å². The second-order valence-electron chi connectivity index (χ2n) is 18.0. The molecule has 0 N–H and O–H groups in total. The number of anilines is 3. The molecule has 1 aliphatic rings. The standard InChI is InChI=1S/C61H39NO2/c1-61(2)52-21-11-9-18-45(52)46-27-25-38(34-53(46)61)62(39-26-28-48-47-19-10-12-22-54(47)64-57(48)35-39)60-41(29-30-50-44-17-6-5-15-42(44)43-16-7-8-20-49(43)59(50)60)37-24-31-55-51(33-37)58-40-14-4-3-13-36(40)23-32-56(58)63-55/h3-35H,1-2H3. The molecule has 11 aromatic carbocycles. The van der Waals surface area contributed by atoms with E-state index in [4.69, 9.17) is 8.83 Å². The number of rotatable bonds is 4. The molecule has 2 aromatic heterocycles. The molecular weight excluding hydrogens is 779 g/mol. The Morgan fingerprint density at radius 1 is 0.344 bits per heavy atom. The van der Waals surface area contributed by atoms with Crippen LogP contribution in [-0.4, -0.2) is 0 Å². The summed E-state index contributed by atoms with van der Waals surface area (Å²) in [5.74, 6) is 0. The molecule has 0 atom stereocenters. The molecule has 1 aliphatic carbocycles. The third kappa shape index (κ3) is 4.87. The predicted molar refractivity (Wildman–Crippen MR) is 269 cm³/mol. The van der Waals surface area contributed by atoms with E-state index >= 15 is 0 Å². The second kappa shape index (κ2) is 12.9. The van der Waals surface area contributed by atoms with Crippen molar-refractivity contribution in [3.63, 3.8) is 0 Å². The zero-order valence-electron chi connectivity index (χ0n) is 35.3. The van der Waals surface area contributed by atoms with Gasteiger partial charge >= 0.3 is 0 Å². The second-order valence-corrected chi connectivity index (χ2v) is 18.0. The molecule has 300 valence electrons. The Hall–Kier alpha value is -8.14. The molecular formula is C61H39NO2. The smallest absolute Gasteiger partial charge is 0.137 e. The average Bonchev–Trinajstić information content (AvgIpc) is 3.98. The summed E-state index contributed by atoms with van der Waals surface area (Å²) < 4.78 is 13.3. The van der Waals surface area contributed by atoms with Crippen LogP contribution in [0.15, 0.2) is 209 Å². The number of benzene rings is 11. The normalized spacial score (nSPS) is 13.3. The summed E-state index contributed by atoms with van der Waals surface area (Å²) in [5.41, 5.74) is 14.0. The van der Waals surface area contributed by atoms with Crippen molar-refractivity contribution >= 4 is 104 Å². The van der Waals surface area contributed by atoms with Crippen molar-refractivity contribution in [1.29, 1.82) is 0 Å². The van der Waals surface area contributed by atoms with Crippen LogP contribution in [0.4, 0.5) is 17.1 Å². The van der Waals surface area contributed by atoms with Gasteiger partial charge in [0.1, 0.15) is 22.3 Å². The Balaban J connectivity index is 1.14. The molecule has 0 bridgehead atoms. The maximum absolute atomic E-state index is 6.67. The van der Waals surface area contributed by atoms with Gasteiger partial charge in [-0.25, -0.2) is 0 Å². The van der Waals surface area contributed by atoms with E-state index in [0.29, 0.717) is 0 Å². The van der Waals surface area contributed by atoms with E-state index in [1.165, 1.54) is 65.3 Å². The zero-order valence-corrected chi connectivity index (χ0v) is 35.3. The Bertz CT molecular complexity index is 4090. The molecule has 2 heterocycles. The van der Waals surface area contributed by atoms with Gasteiger partial charge in [-0.3, -0.25) is 0 Å². The lowest BCUT2D eigenvalue weighted by Crippen LogP contribution is -2.17. The summed E-state index contributed by atoms with van der Waals surface area (Å²) >= 11 is 0. The molecule has 0 amide bonds. The summed E-state index contributed by atoms with van der Waals surface area (Å²) in [5, 5.41) is 14.2. The van der Waals surface area contributed by atoms with Crippen LogP contribution >= 0.6 is 0 Å². The Labute approximate surface area is 369 Å². The Morgan fingerprint density at radius 3 is 1.75 bits per heavy atom. The van der Waals surface area contributed by atoms with E-state index in [1.54, 1.807) is 0 Å². The van der Waals surface area contributed by atoms with E-state index in [0.717, 1.165) is 72.1 Å². The number of hydrogen-bond donors (Lipinski definition) is 0. The van der Waals surface area contributed by atoms with Gasteiger partial charge in [0.2, 0.25) is 0 Å². The first-order valence-corrected chi connectivity index (χ1v) is 22.2. The van der Waals surface area contributed by atoms with Gasteiger partial charge in [-0.2, -0.15) is 0 Å². The lowest BCUT2D eigenvalue weighted by atomic mass is 9.82. The van der Waals surface area contributed by atoms with E-state index in [2.05, 4.69) is 213 Å². The van der Waals surface area contributed by atoms with Crippen LogP contribution in [0.2, 0.25) is 0 Å². The first-order chi connectivity index (χ1) is 31.5. The van der Waals surface area contributed by atoms with Gasteiger partial charge in [-0.1, -0.05) is 159 Å². The van der Waals surface area contributed by atoms with E-state index in [1.807, 2.05) is 6.07 Å². The highest BCUT2D eigenvalue weighted by molar-refractivity contribution is 6.30. The van der Waals surface area contributed by atoms with Crippen LogP contribution in [-0.2, 0) is 5.41 Å². The first kappa shape index (κ1) is 35.5. The Morgan fingerprint density at radius 2 is 0.906 bits per heavy atom. The fourth-order valence-corrected chi connectivity index (χ4v) is 11.2. The van der Waals surface area contributed by atoms with Crippen LogP contribution in [0.5, 0.6) is 0 Å². The van der Waals surface area contributed by atoms with Crippen molar-refractivity contribution in [1.82, 2.24) is 0 Å². The minimum atomic E-state index is -0.197. The molecule has 0 spiro atoms. The first-order valence-electron chi connectivity index (χ1n) is 22.2. The molecule has 0 radical (unpaired) electrons. The molecule has 64 heavy (non-hydrogen) atoms. The van der Waals surface area contributed by atoms with Crippen LogP contribution in [0.1, 0.15) is 25.0 Å². The maximum atomic E-state index is 6.67. The fourth-order valence-electron chi connectivity index (χ4n) is 11.2. The quantitative estimate of drug-likeness (QED) is 0.166. The third-order valence-corrected chi connectivity index (χ3v) is 14.2. The van der Waals surface area contributed by atoms with Crippen LogP contribution < -0.4 is 4.90 Å². The van der Waals surface area contributed by atoms with Crippen molar-refractivity contribution in [2.45, 2.75) is 19.3 Å². The van der Waals surface area contributed by atoms with Crippen LogP contribution in [0.3, 0.4) is 0 Å². The number of para-hydroxylation sites is 1. The predicted octanol–water partition coefficient (Wildman–Crippen LogP) is 17.5. The highest BCUT2D eigenvalue weighted by Crippen LogP contribution is 2.54. The molecule has 0 aliphatic heterocycles. The van der Waals surface area contributed by atoms with Gasteiger partial charge in [0.05, 0.1) is 5.69 Å². The summed E-state index contributed by atoms with van der Waals surface area (Å²) in [6.07, 6.45) is 0. The maximum Gasteiger partial charge on any atom is 0.137 e. The molecule has 13 aromatic rings. The largest absolute Gasteiger partial charge is 0.456 e. The van der Waals surface area contributed by atoms with Gasteiger partial charge in [0, 0.05) is 55.4 Å². The molecule has 0 fully saturated rings. The van der Waals surface area contributed by atoms with E-state index in [9.17, 15) is 0 Å². The number of nitrogens with zero attached hydrogens (tertiary/aromatic N) is 1. The van der Waals surface area contributed by atoms with Crippen molar-refractivity contribution in [2.75, 3.05) is 4.90 Å². The lowest BCUT2D eigenvalue weighted by molar-refractivity contribution is 0.660. The third-order valence-electron chi connectivity index (χ3n) is 14.2. The minimum absolute atomic E-state index is 0.197. The summed E-state index contributed by atoms with van der Waals surface area (Å²) in [7, 11) is 0. The van der Waals surface area contributed by atoms with Gasteiger partial charge in [-0.05, 0) is 114 Å². The van der Waals surface area contributed by atoms with Crippen LogP contribution in [0, 0.1) is 0 Å². The number of fused-ring (bicyclic) bond motifs is 17. The molecule has 0 unspecified atom stereocenters. The zero-order chi connectivity index (χ0) is 42.3. The average molecular weight is 818 g/mol. The monoisotopic (exact) mass is 817 g/mol. The van der Waals surface area contributed by atoms with Gasteiger partial charge < -0.3 is 13.7 Å². The highest BCUT2D eigenvalue weighted by atomic mass is 16.3. The fraction of sp³-hybridized carbons (Fsp3) is 0.0492. The van der Waals surface area contributed by atoms with Crippen molar-refractivity contribution < 1.29 is 8.83 Å². The lowest BCUT2D eigenvalue weighted by Gasteiger charge is -2.31. The molecule has 3 heteroatoms. The summed E-state index contributed by atoms with van der Waals surface area (Å²) in [6.45, 7) is 4.73. The molecule has 3 nitrogen and oxygen atoms in total. The van der Waals surface area contributed by atoms with Crippen molar-refractivity contribution in [3.05, 3.63) is 211 Å². The van der Waals surface area contributed by atoms with E-state index < -0.39 is 0 Å².